The highest BCUT2D eigenvalue weighted by atomic mass is 35.5. The predicted molar refractivity (Wildman–Crippen MR) is 62.5 cm³/mol. The fourth-order valence-electron chi connectivity index (χ4n) is 1.64. The average molecular weight is 237 g/mol. The first kappa shape index (κ1) is 10.8. The highest BCUT2D eigenvalue weighted by molar-refractivity contribution is 6.38. The molecule has 0 saturated carbocycles. The van der Waals surface area contributed by atoms with E-state index < -0.39 is 5.97 Å². The number of aromatic carboxylic acids is 1. The Morgan fingerprint density at radius 3 is 2.69 bits per heavy atom. The number of carbonyl (C=O) groups is 1. The summed E-state index contributed by atoms with van der Waals surface area (Å²) in [5, 5.41) is 10.8. The van der Waals surface area contributed by atoms with Gasteiger partial charge >= 0.3 is 5.97 Å². The maximum Gasteiger partial charge on any atom is 0.341 e. The zero-order chi connectivity index (χ0) is 11.7. The summed E-state index contributed by atoms with van der Waals surface area (Å²) in [5.41, 5.74) is 0.00265. The number of fused-ring (bicyclic) bond motifs is 1. The minimum Gasteiger partial charge on any atom is -0.496 e. The average Bonchev–Trinajstić information content (AvgIpc) is 2.28. The molecule has 16 heavy (non-hydrogen) atoms. The van der Waals surface area contributed by atoms with E-state index >= 15 is 0 Å². The Morgan fingerprint density at radius 2 is 2.06 bits per heavy atom. The van der Waals surface area contributed by atoms with Crippen LogP contribution in [-0.2, 0) is 0 Å². The number of carboxylic acids is 1. The van der Waals surface area contributed by atoms with Gasteiger partial charge in [-0.3, -0.25) is 0 Å². The van der Waals surface area contributed by atoms with Gasteiger partial charge in [0.1, 0.15) is 11.3 Å². The van der Waals surface area contributed by atoms with Gasteiger partial charge in [0, 0.05) is 5.39 Å². The smallest absolute Gasteiger partial charge is 0.341 e. The van der Waals surface area contributed by atoms with Gasteiger partial charge in [-0.1, -0.05) is 35.9 Å². The summed E-state index contributed by atoms with van der Waals surface area (Å²) >= 11 is 6.06. The van der Waals surface area contributed by atoms with E-state index in [2.05, 4.69) is 0 Å². The number of hydrogen-bond donors (Lipinski definition) is 1. The van der Waals surface area contributed by atoms with E-state index in [4.69, 9.17) is 21.4 Å². The van der Waals surface area contributed by atoms with Crippen LogP contribution in [0.15, 0.2) is 30.3 Å². The molecule has 0 fully saturated rings. The van der Waals surface area contributed by atoms with Crippen LogP contribution in [0.2, 0.25) is 5.02 Å². The molecule has 0 heterocycles. The molecule has 2 aromatic carbocycles. The van der Waals surface area contributed by atoms with E-state index in [1.165, 1.54) is 7.11 Å². The zero-order valence-electron chi connectivity index (χ0n) is 8.53. The fourth-order valence-corrected chi connectivity index (χ4v) is 1.99. The number of carboxylic acid groups (broad SMARTS) is 1. The third-order valence-corrected chi connectivity index (χ3v) is 2.78. The molecule has 0 unspecified atom stereocenters. The maximum atomic E-state index is 11.1. The molecule has 0 spiro atoms. The molecule has 3 nitrogen and oxygen atoms in total. The second-order valence-electron chi connectivity index (χ2n) is 3.29. The molecule has 0 aromatic heterocycles. The molecule has 82 valence electrons. The minimum absolute atomic E-state index is 0.00265. The third kappa shape index (κ3) is 1.59. The molecule has 2 aromatic rings. The quantitative estimate of drug-likeness (QED) is 0.871. The van der Waals surface area contributed by atoms with E-state index in [1.54, 1.807) is 12.1 Å². The highest BCUT2D eigenvalue weighted by Crippen LogP contribution is 2.34. The lowest BCUT2D eigenvalue weighted by Gasteiger charge is -2.09. The monoisotopic (exact) mass is 236 g/mol. The molecule has 0 amide bonds. The van der Waals surface area contributed by atoms with Crippen molar-refractivity contribution >= 4 is 28.3 Å². The van der Waals surface area contributed by atoms with Gasteiger partial charge in [-0.05, 0) is 11.5 Å². The van der Waals surface area contributed by atoms with Crippen molar-refractivity contribution in [2.75, 3.05) is 7.11 Å². The molecular weight excluding hydrogens is 228 g/mol. The van der Waals surface area contributed by atoms with Crippen molar-refractivity contribution in [1.82, 2.24) is 0 Å². The van der Waals surface area contributed by atoms with Gasteiger partial charge < -0.3 is 9.84 Å². The molecule has 0 aliphatic carbocycles. The number of rotatable bonds is 2. The molecule has 4 heteroatoms. The zero-order valence-corrected chi connectivity index (χ0v) is 9.28. The summed E-state index contributed by atoms with van der Waals surface area (Å²) in [5.74, 6) is -0.816. The molecular formula is C12H9ClO3. The number of ether oxygens (including phenoxy) is 1. The van der Waals surface area contributed by atoms with Crippen LogP contribution in [0, 0.1) is 0 Å². The van der Waals surface area contributed by atoms with Crippen molar-refractivity contribution in [3.8, 4) is 5.75 Å². The van der Waals surface area contributed by atoms with Crippen LogP contribution < -0.4 is 4.74 Å². The molecule has 2 rings (SSSR count). The van der Waals surface area contributed by atoms with Crippen molar-refractivity contribution in [2.45, 2.75) is 0 Å². The summed E-state index contributed by atoms with van der Waals surface area (Å²) in [7, 11) is 1.42. The molecule has 0 radical (unpaired) electrons. The van der Waals surface area contributed by atoms with Crippen molar-refractivity contribution in [3.05, 3.63) is 40.9 Å². The third-order valence-electron chi connectivity index (χ3n) is 2.38. The van der Waals surface area contributed by atoms with Gasteiger partial charge in [-0.25, -0.2) is 4.79 Å². The van der Waals surface area contributed by atoms with E-state index in [-0.39, 0.29) is 16.3 Å². The Balaban J connectivity index is 2.87. The highest BCUT2D eigenvalue weighted by Gasteiger charge is 2.18. The van der Waals surface area contributed by atoms with Gasteiger partial charge in [0.25, 0.3) is 0 Å². The number of methoxy groups -OCH3 is 1. The summed E-state index contributed by atoms with van der Waals surface area (Å²) < 4.78 is 5.03. The van der Waals surface area contributed by atoms with Crippen LogP contribution in [0.1, 0.15) is 10.4 Å². The van der Waals surface area contributed by atoms with Gasteiger partial charge in [-0.15, -0.1) is 0 Å². The summed E-state index contributed by atoms with van der Waals surface area (Å²) in [6.07, 6.45) is 0. The lowest BCUT2D eigenvalue weighted by Crippen LogP contribution is -2.02. The van der Waals surface area contributed by atoms with Gasteiger partial charge in [-0.2, -0.15) is 0 Å². The molecule has 0 atom stereocenters. The van der Waals surface area contributed by atoms with Crippen LogP contribution in [0.4, 0.5) is 0 Å². The molecule has 0 aliphatic rings. The molecule has 0 saturated heterocycles. The van der Waals surface area contributed by atoms with Crippen molar-refractivity contribution in [1.29, 1.82) is 0 Å². The van der Waals surface area contributed by atoms with Crippen molar-refractivity contribution < 1.29 is 14.6 Å². The second-order valence-corrected chi connectivity index (χ2v) is 3.67. The summed E-state index contributed by atoms with van der Waals surface area (Å²) in [4.78, 5) is 11.1. The predicted octanol–water partition coefficient (Wildman–Crippen LogP) is 3.20. The van der Waals surface area contributed by atoms with Crippen molar-refractivity contribution in [2.24, 2.45) is 0 Å². The van der Waals surface area contributed by atoms with Gasteiger partial charge in [0.2, 0.25) is 0 Å². The number of benzene rings is 2. The van der Waals surface area contributed by atoms with Crippen LogP contribution in [0.5, 0.6) is 5.75 Å². The maximum absolute atomic E-state index is 11.1. The lowest BCUT2D eigenvalue weighted by molar-refractivity contribution is 0.0694. The fraction of sp³-hybridized carbons (Fsp3) is 0.0833. The van der Waals surface area contributed by atoms with Crippen LogP contribution >= 0.6 is 11.6 Å². The normalized spacial score (nSPS) is 10.4. The Hall–Kier alpha value is -1.74. The first-order valence-electron chi connectivity index (χ1n) is 4.63. The summed E-state index contributed by atoms with van der Waals surface area (Å²) in [6.45, 7) is 0. The molecule has 0 aliphatic heterocycles. The topological polar surface area (TPSA) is 46.5 Å². The Bertz CT molecular complexity index is 563. The van der Waals surface area contributed by atoms with Gasteiger partial charge in [0.15, 0.2) is 0 Å². The standard InChI is InChI=1S/C12H9ClO3/c1-16-9-6-7-4-2-3-5-8(7)11(13)10(9)12(14)15/h2-6H,1H3,(H,14,15). The lowest BCUT2D eigenvalue weighted by atomic mass is 10.1. The van der Waals surface area contributed by atoms with E-state index in [9.17, 15) is 4.79 Å². The summed E-state index contributed by atoms with van der Waals surface area (Å²) in [6, 6.07) is 8.98. The van der Waals surface area contributed by atoms with Gasteiger partial charge in [0.05, 0.1) is 12.1 Å². The van der Waals surface area contributed by atoms with E-state index in [1.807, 2.05) is 18.2 Å². The van der Waals surface area contributed by atoms with Crippen LogP contribution in [0.3, 0.4) is 0 Å². The SMILES string of the molecule is COc1cc2ccccc2c(Cl)c1C(=O)O. The largest absolute Gasteiger partial charge is 0.496 e. The Morgan fingerprint density at radius 1 is 1.38 bits per heavy atom. The number of halogens is 1. The number of hydrogen-bond acceptors (Lipinski definition) is 2. The van der Waals surface area contributed by atoms with E-state index in [0.29, 0.717) is 5.39 Å². The molecule has 0 bridgehead atoms. The second kappa shape index (κ2) is 4.02. The van der Waals surface area contributed by atoms with Crippen LogP contribution in [-0.4, -0.2) is 18.2 Å². The first-order valence-corrected chi connectivity index (χ1v) is 5.01. The Kier molecular flexibility index (Phi) is 2.71. The first-order chi connectivity index (χ1) is 7.65. The minimum atomic E-state index is -1.09. The Labute approximate surface area is 97.2 Å². The molecule has 1 N–H and O–H groups in total. The van der Waals surface area contributed by atoms with Crippen molar-refractivity contribution in [3.63, 3.8) is 0 Å². The van der Waals surface area contributed by atoms with E-state index in [0.717, 1.165) is 5.39 Å². The van der Waals surface area contributed by atoms with Crippen LogP contribution in [0.25, 0.3) is 10.8 Å².